The number of alkyl halides is 3. The van der Waals surface area contributed by atoms with E-state index in [9.17, 15) is 13.2 Å². The fourth-order valence-electron chi connectivity index (χ4n) is 2.76. The van der Waals surface area contributed by atoms with E-state index in [2.05, 4.69) is 10.3 Å². The number of hydrogen-bond acceptors (Lipinski definition) is 1. The SMILES string of the molecule is I.NC(=NCC1(C(F)(F)F)CC1)Nc1ccc2c(c1)CCC2. The van der Waals surface area contributed by atoms with Crippen LogP contribution in [0.1, 0.15) is 30.4 Å². The molecule has 0 amide bonds. The van der Waals surface area contributed by atoms with Crippen LogP contribution < -0.4 is 11.1 Å². The van der Waals surface area contributed by atoms with Gasteiger partial charge < -0.3 is 11.1 Å². The van der Waals surface area contributed by atoms with Crippen molar-refractivity contribution in [3.63, 3.8) is 0 Å². The van der Waals surface area contributed by atoms with Crippen LogP contribution in [0.15, 0.2) is 23.2 Å². The van der Waals surface area contributed by atoms with Gasteiger partial charge in [-0.3, -0.25) is 4.99 Å². The molecule has 1 saturated carbocycles. The number of aliphatic imine (C=N–C) groups is 1. The highest BCUT2D eigenvalue weighted by Gasteiger charge is 2.63. The molecule has 0 atom stereocenters. The first-order valence-corrected chi connectivity index (χ1v) is 7.15. The van der Waals surface area contributed by atoms with E-state index in [0.29, 0.717) is 0 Å². The van der Waals surface area contributed by atoms with Crippen molar-refractivity contribution in [2.75, 3.05) is 11.9 Å². The molecule has 3 N–H and O–H groups in total. The lowest BCUT2D eigenvalue weighted by Crippen LogP contribution is -2.30. The molecule has 0 bridgehead atoms. The Hall–Kier alpha value is -0.990. The van der Waals surface area contributed by atoms with Gasteiger partial charge in [-0.2, -0.15) is 13.2 Å². The fraction of sp³-hybridized carbons (Fsp3) is 0.533. The first kappa shape index (κ1) is 17.4. The standard InChI is InChI=1S/C15H18F3N3.HI/c16-15(17,18)14(6-7-14)9-20-13(19)21-12-5-4-10-2-1-3-11(10)8-12;/h4-5,8H,1-3,6-7,9H2,(H3,19,20,21);1H. The van der Waals surface area contributed by atoms with Gasteiger partial charge in [-0.05, 0) is 55.4 Å². The minimum absolute atomic E-state index is 0. The number of rotatable bonds is 3. The highest BCUT2D eigenvalue weighted by atomic mass is 127. The molecule has 1 aromatic rings. The van der Waals surface area contributed by atoms with Crippen LogP contribution in [0.25, 0.3) is 0 Å². The van der Waals surface area contributed by atoms with Gasteiger partial charge in [0.15, 0.2) is 5.96 Å². The Bertz CT molecular complexity index is 580. The third-order valence-corrected chi connectivity index (χ3v) is 4.38. The third-order valence-electron chi connectivity index (χ3n) is 4.38. The van der Waals surface area contributed by atoms with Crippen LogP contribution in [0, 0.1) is 5.41 Å². The Labute approximate surface area is 144 Å². The summed E-state index contributed by atoms with van der Waals surface area (Å²) in [6.07, 6.45) is -0.620. The van der Waals surface area contributed by atoms with Crippen molar-refractivity contribution in [2.45, 2.75) is 38.3 Å². The number of benzene rings is 1. The monoisotopic (exact) mass is 425 g/mol. The van der Waals surface area contributed by atoms with Gasteiger partial charge in [0.1, 0.15) is 0 Å². The first-order valence-electron chi connectivity index (χ1n) is 7.15. The highest BCUT2D eigenvalue weighted by Crippen LogP contribution is 2.57. The zero-order chi connectivity index (χ0) is 15.1. The lowest BCUT2D eigenvalue weighted by Gasteiger charge is -2.17. The lowest BCUT2D eigenvalue weighted by molar-refractivity contribution is -0.183. The number of hydrogen-bond donors (Lipinski definition) is 2. The molecule has 0 spiro atoms. The van der Waals surface area contributed by atoms with Crippen molar-refractivity contribution < 1.29 is 13.2 Å². The Kier molecular flexibility index (Phi) is 4.93. The molecule has 22 heavy (non-hydrogen) atoms. The van der Waals surface area contributed by atoms with E-state index in [1.165, 1.54) is 11.1 Å². The summed E-state index contributed by atoms with van der Waals surface area (Å²) in [5, 5.41) is 2.88. The molecule has 2 aliphatic rings. The Morgan fingerprint density at radius 1 is 1.23 bits per heavy atom. The summed E-state index contributed by atoms with van der Waals surface area (Å²) in [6, 6.07) is 5.93. The van der Waals surface area contributed by atoms with Gasteiger partial charge in [-0.1, -0.05) is 6.07 Å². The lowest BCUT2D eigenvalue weighted by atomic mass is 10.1. The summed E-state index contributed by atoms with van der Waals surface area (Å²) in [5.74, 6) is 0.0449. The van der Waals surface area contributed by atoms with Gasteiger partial charge in [0.25, 0.3) is 0 Å². The van der Waals surface area contributed by atoms with E-state index in [1.54, 1.807) is 0 Å². The van der Waals surface area contributed by atoms with Crippen molar-refractivity contribution >= 4 is 35.6 Å². The summed E-state index contributed by atoms with van der Waals surface area (Å²) in [7, 11) is 0. The third kappa shape index (κ3) is 3.49. The van der Waals surface area contributed by atoms with E-state index >= 15 is 0 Å². The number of nitrogens with two attached hydrogens (primary N) is 1. The smallest absolute Gasteiger partial charge is 0.370 e. The van der Waals surface area contributed by atoms with Crippen molar-refractivity contribution in [2.24, 2.45) is 16.1 Å². The van der Waals surface area contributed by atoms with Gasteiger partial charge >= 0.3 is 6.18 Å². The largest absolute Gasteiger partial charge is 0.396 e. The van der Waals surface area contributed by atoms with Crippen molar-refractivity contribution in [1.29, 1.82) is 0 Å². The predicted molar refractivity (Wildman–Crippen MR) is 91.7 cm³/mol. The zero-order valence-electron chi connectivity index (χ0n) is 12.0. The molecule has 1 fully saturated rings. The van der Waals surface area contributed by atoms with Crippen LogP contribution in [0.2, 0.25) is 0 Å². The van der Waals surface area contributed by atoms with Gasteiger partial charge in [0.05, 0.1) is 12.0 Å². The highest BCUT2D eigenvalue weighted by molar-refractivity contribution is 14.0. The molecule has 0 aromatic heterocycles. The Morgan fingerprint density at radius 2 is 1.91 bits per heavy atom. The van der Waals surface area contributed by atoms with Crippen LogP contribution in [0.4, 0.5) is 18.9 Å². The molecule has 0 unspecified atom stereocenters. The number of guanidine groups is 1. The van der Waals surface area contributed by atoms with E-state index in [0.717, 1.165) is 24.9 Å². The summed E-state index contributed by atoms with van der Waals surface area (Å²) < 4.78 is 38.4. The van der Waals surface area contributed by atoms with Gasteiger partial charge in [0, 0.05) is 5.69 Å². The molecule has 2 aliphatic carbocycles. The number of anilines is 1. The molecule has 3 rings (SSSR count). The first-order chi connectivity index (χ1) is 9.90. The molecular weight excluding hydrogens is 406 g/mol. The molecule has 1 aromatic carbocycles. The zero-order valence-corrected chi connectivity index (χ0v) is 14.4. The average Bonchev–Trinajstić information content (AvgIpc) is 3.08. The summed E-state index contributed by atoms with van der Waals surface area (Å²) in [4.78, 5) is 3.88. The molecule has 0 aliphatic heterocycles. The van der Waals surface area contributed by atoms with E-state index in [4.69, 9.17) is 5.73 Å². The molecule has 0 saturated heterocycles. The molecule has 0 heterocycles. The van der Waals surface area contributed by atoms with Crippen LogP contribution in [0.5, 0.6) is 0 Å². The van der Waals surface area contributed by atoms with Crippen molar-refractivity contribution in [3.05, 3.63) is 29.3 Å². The normalized spacial score (nSPS) is 19.3. The second kappa shape index (κ2) is 6.25. The van der Waals surface area contributed by atoms with E-state index < -0.39 is 11.6 Å². The van der Waals surface area contributed by atoms with Crippen LogP contribution in [-0.2, 0) is 12.8 Å². The summed E-state index contributed by atoms with van der Waals surface area (Å²) in [5.41, 5.74) is 7.46. The average molecular weight is 425 g/mol. The maximum atomic E-state index is 12.8. The van der Waals surface area contributed by atoms with Gasteiger partial charge in [-0.25, -0.2) is 0 Å². The number of fused-ring (bicyclic) bond motifs is 1. The maximum Gasteiger partial charge on any atom is 0.396 e. The Balaban J connectivity index is 0.00000176. The number of aryl methyl sites for hydroxylation is 2. The topological polar surface area (TPSA) is 50.4 Å². The molecule has 122 valence electrons. The minimum Gasteiger partial charge on any atom is -0.370 e. The summed E-state index contributed by atoms with van der Waals surface area (Å²) in [6.45, 7) is -0.291. The second-order valence-corrected chi connectivity index (χ2v) is 5.94. The molecule has 0 radical (unpaired) electrons. The number of halogens is 4. The molecular formula is C15H19F3IN3. The molecule has 7 heteroatoms. The van der Waals surface area contributed by atoms with Crippen molar-refractivity contribution in [3.8, 4) is 0 Å². The molecule has 3 nitrogen and oxygen atoms in total. The van der Waals surface area contributed by atoms with Crippen LogP contribution in [0.3, 0.4) is 0 Å². The second-order valence-electron chi connectivity index (χ2n) is 5.94. The van der Waals surface area contributed by atoms with Crippen molar-refractivity contribution in [1.82, 2.24) is 0 Å². The Morgan fingerprint density at radius 3 is 2.55 bits per heavy atom. The summed E-state index contributed by atoms with van der Waals surface area (Å²) >= 11 is 0. The maximum absolute atomic E-state index is 12.8. The fourth-order valence-corrected chi connectivity index (χ4v) is 2.76. The van der Waals surface area contributed by atoms with Gasteiger partial charge in [-0.15, -0.1) is 24.0 Å². The number of nitrogens with zero attached hydrogens (tertiary/aromatic N) is 1. The van der Waals surface area contributed by atoms with Crippen LogP contribution in [-0.4, -0.2) is 18.7 Å². The number of nitrogens with one attached hydrogen (secondary N) is 1. The quantitative estimate of drug-likeness (QED) is 0.439. The van der Waals surface area contributed by atoms with E-state index in [1.807, 2.05) is 18.2 Å². The predicted octanol–water partition coefficient (Wildman–Crippen LogP) is 3.86. The van der Waals surface area contributed by atoms with Crippen LogP contribution >= 0.6 is 24.0 Å². The van der Waals surface area contributed by atoms with E-state index in [-0.39, 0.29) is 49.3 Å². The van der Waals surface area contributed by atoms with Gasteiger partial charge in [0.2, 0.25) is 0 Å². The minimum atomic E-state index is -4.19.